The Hall–Kier alpha value is -4.45. The number of hydrogen-bond donors (Lipinski definition) is 1. The summed E-state index contributed by atoms with van der Waals surface area (Å²) in [6.45, 7) is 6.91. The van der Waals surface area contributed by atoms with E-state index in [0.717, 1.165) is 12.1 Å². The van der Waals surface area contributed by atoms with Crippen molar-refractivity contribution < 1.29 is 32.2 Å². The first kappa shape index (κ1) is 28.1. The molecule has 41 heavy (non-hydrogen) atoms. The summed E-state index contributed by atoms with van der Waals surface area (Å²) >= 11 is 0. The minimum Gasteiger partial charge on any atom is -0.462 e. The predicted molar refractivity (Wildman–Crippen MR) is 146 cm³/mol. The molecule has 2 unspecified atom stereocenters. The summed E-state index contributed by atoms with van der Waals surface area (Å²) in [5.74, 6) is -1.24. The molecule has 4 aromatic rings. The Morgan fingerprint density at radius 3 is 2.56 bits per heavy atom. The van der Waals surface area contributed by atoms with Crippen LogP contribution in [0.1, 0.15) is 47.1 Å². The first-order valence-corrected chi connectivity index (χ1v) is 13.1. The van der Waals surface area contributed by atoms with Crippen molar-refractivity contribution in [2.24, 2.45) is 0 Å². The number of hydrogen-bond acceptors (Lipinski definition) is 7. The Morgan fingerprint density at radius 1 is 1.10 bits per heavy atom. The number of ether oxygens (including phenoxy) is 2. The van der Waals surface area contributed by atoms with E-state index in [0.29, 0.717) is 41.4 Å². The van der Waals surface area contributed by atoms with Crippen LogP contribution in [0.15, 0.2) is 60.9 Å². The average molecular weight is 568 g/mol. The van der Waals surface area contributed by atoms with Crippen molar-refractivity contribution in [1.29, 1.82) is 0 Å². The molecule has 9 nitrogen and oxygen atoms in total. The Bertz CT molecular complexity index is 1590. The number of alkyl halides is 3. The molecule has 1 saturated heterocycles. The fourth-order valence-corrected chi connectivity index (χ4v) is 4.94. The van der Waals surface area contributed by atoms with Crippen LogP contribution in [-0.4, -0.2) is 58.4 Å². The van der Waals surface area contributed by atoms with Gasteiger partial charge in [0.1, 0.15) is 5.56 Å². The lowest BCUT2D eigenvalue weighted by Gasteiger charge is -2.37. The van der Waals surface area contributed by atoms with Crippen LogP contribution in [0.5, 0.6) is 0 Å². The zero-order valence-corrected chi connectivity index (χ0v) is 22.6. The molecule has 0 spiro atoms. The number of halogens is 3. The van der Waals surface area contributed by atoms with Crippen molar-refractivity contribution in [2.45, 2.75) is 39.2 Å². The van der Waals surface area contributed by atoms with Gasteiger partial charge in [-0.05, 0) is 57.2 Å². The van der Waals surface area contributed by atoms with Crippen LogP contribution in [0, 0.1) is 0 Å². The molecule has 1 amide bonds. The predicted octanol–water partition coefficient (Wildman–Crippen LogP) is 5.46. The molecule has 2 atom stereocenters. The van der Waals surface area contributed by atoms with Crippen LogP contribution < -0.4 is 10.2 Å². The zero-order chi connectivity index (χ0) is 29.3. The largest absolute Gasteiger partial charge is 0.462 e. The molecule has 214 valence electrons. The minimum atomic E-state index is -4.58. The number of nitrogens with zero attached hydrogens (tertiary/aromatic N) is 4. The standard InChI is InChI=1S/C29H28F3N5O4/c1-4-40-28(39)22-14-34-37-24(10-11-33-26(22)37)19-8-9-25(36-15-17(2)41-18(3)16-36)23(13-19)35-27(38)20-6-5-7-21(12-20)29(30,31)32/h5-14,17-18H,4,15-16H2,1-3H3,(H,35,38). The highest BCUT2D eigenvalue weighted by atomic mass is 19.4. The lowest BCUT2D eigenvalue weighted by atomic mass is 10.1. The Kier molecular flexibility index (Phi) is 7.68. The molecule has 0 aliphatic carbocycles. The number of carbonyl (C=O) groups is 2. The van der Waals surface area contributed by atoms with E-state index >= 15 is 0 Å². The van der Waals surface area contributed by atoms with Gasteiger partial charge in [0.25, 0.3) is 5.91 Å². The summed E-state index contributed by atoms with van der Waals surface area (Å²) in [4.78, 5) is 32.0. The van der Waals surface area contributed by atoms with Crippen LogP contribution in [-0.2, 0) is 15.7 Å². The smallest absolute Gasteiger partial charge is 0.416 e. The van der Waals surface area contributed by atoms with Crippen LogP contribution in [0.4, 0.5) is 24.5 Å². The quantitative estimate of drug-likeness (QED) is 0.309. The monoisotopic (exact) mass is 567 g/mol. The van der Waals surface area contributed by atoms with Crippen LogP contribution in [0.25, 0.3) is 16.9 Å². The number of esters is 1. The highest BCUT2D eigenvalue weighted by molar-refractivity contribution is 6.06. The van der Waals surface area contributed by atoms with Crippen molar-refractivity contribution in [1.82, 2.24) is 14.6 Å². The average Bonchev–Trinajstić information content (AvgIpc) is 3.37. The summed E-state index contributed by atoms with van der Waals surface area (Å²) in [5.41, 5.74) is 1.77. The van der Waals surface area contributed by atoms with E-state index in [1.54, 1.807) is 19.1 Å². The zero-order valence-electron chi connectivity index (χ0n) is 22.6. The number of fused-ring (bicyclic) bond motifs is 1. The van der Waals surface area contributed by atoms with Gasteiger partial charge in [-0.3, -0.25) is 4.79 Å². The molecule has 1 aliphatic rings. The number of benzene rings is 2. The van der Waals surface area contributed by atoms with Gasteiger partial charge in [-0.15, -0.1) is 0 Å². The lowest BCUT2D eigenvalue weighted by Crippen LogP contribution is -2.45. The maximum atomic E-state index is 13.3. The summed E-state index contributed by atoms with van der Waals surface area (Å²) in [6, 6.07) is 11.4. The van der Waals surface area contributed by atoms with Gasteiger partial charge in [0.15, 0.2) is 5.65 Å². The SMILES string of the molecule is CCOC(=O)c1cnn2c(-c3ccc(N4CC(C)OC(C)C4)c(NC(=O)c4cccc(C(F)(F)F)c4)c3)ccnc12. The number of rotatable bonds is 6. The van der Waals surface area contributed by atoms with E-state index in [1.807, 2.05) is 26.0 Å². The topological polar surface area (TPSA) is 98.1 Å². The molecular formula is C29H28F3N5O4. The van der Waals surface area contributed by atoms with Crippen molar-refractivity contribution >= 4 is 28.9 Å². The van der Waals surface area contributed by atoms with Crippen LogP contribution in [0.3, 0.4) is 0 Å². The van der Waals surface area contributed by atoms with Crippen LogP contribution in [0.2, 0.25) is 0 Å². The fourth-order valence-electron chi connectivity index (χ4n) is 4.94. The van der Waals surface area contributed by atoms with Crippen molar-refractivity contribution in [2.75, 3.05) is 29.9 Å². The molecule has 2 aromatic carbocycles. The third-order valence-electron chi connectivity index (χ3n) is 6.65. The van der Waals surface area contributed by atoms with Crippen molar-refractivity contribution in [3.8, 4) is 11.3 Å². The fraction of sp³-hybridized carbons (Fsp3) is 0.310. The molecule has 1 N–H and O–H groups in total. The van der Waals surface area contributed by atoms with Gasteiger partial charge in [0, 0.05) is 30.4 Å². The Balaban J connectivity index is 1.57. The first-order chi connectivity index (χ1) is 19.5. The molecule has 2 aromatic heterocycles. The van der Waals surface area contributed by atoms with Gasteiger partial charge in [-0.2, -0.15) is 18.3 Å². The van der Waals surface area contributed by atoms with E-state index < -0.39 is 23.6 Å². The van der Waals surface area contributed by atoms with E-state index in [1.165, 1.54) is 29.0 Å². The maximum absolute atomic E-state index is 13.3. The molecule has 1 fully saturated rings. The number of nitrogens with one attached hydrogen (secondary N) is 1. The molecule has 0 bridgehead atoms. The molecular weight excluding hydrogens is 539 g/mol. The summed E-state index contributed by atoms with van der Waals surface area (Å²) in [6.07, 6.45) is -1.81. The third kappa shape index (κ3) is 5.87. The number of carbonyl (C=O) groups excluding carboxylic acids is 2. The second kappa shape index (κ2) is 11.2. The maximum Gasteiger partial charge on any atom is 0.416 e. The van der Waals surface area contributed by atoms with Crippen molar-refractivity contribution in [3.05, 3.63) is 77.6 Å². The highest BCUT2D eigenvalue weighted by Crippen LogP contribution is 2.35. The first-order valence-electron chi connectivity index (χ1n) is 13.1. The van der Waals surface area contributed by atoms with E-state index in [2.05, 4.69) is 20.3 Å². The Labute approximate surface area is 233 Å². The molecule has 0 radical (unpaired) electrons. The number of aromatic nitrogens is 3. The van der Waals surface area contributed by atoms with Gasteiger partial charge < -0.3 is 19.7 Å². The Morgan fingerprint density at radius 2 is 1.85 bits per heavy atom. The van der Waals surface area contributed by atoms with Crippen LogP contribution >= 0.6 is 0 Å². The molecule has 1 aliphatic heterocycles. The number of amides is 1. The summed E-state index contributed by atoms with van der Waals surface area (Å²) in [5, 5.41) is 7.16. The second-order valence-electron chi connectivity index (χ2n) is 9.77. The van der Waals surface area contributed by atoms with E-state index in [-0.39, 0.29) is 29.9 Å². The van der Waals surface area contributed by atoms with Gasteiger partial charge in [-0.1, -0.05) is 12.1 Å². The third-order valence-corrected chi connectivity index (χ3v) is 6.65. The number of morpholine rings is 1. The molecule has 0 saturated carbocycles. The summed E-state index contributed by atoms with van der Waals surface area (Å²) < 4.78 is 52.4. The molecule has 5 rings (SSSR count). The van der Waals surface area contributed by atoms with Gasteiger partial charge in [0.05, 0.1) is 47.6 Å². The number of anilines is 2. The van der Waals surface area contributed by atoms with Gasteiger partial charge in [0.2, 0.25) is 0 Å². The van der Waals surface area contributed by atoms with Gasteiger partial charge >= 0.3 is 12.1 Å². The lowest BCUT2D eigenvalue weighted by molar-refractivity contribution is -0.137. The minimum absolute atomic E-state index is 0.0735. The van der Waals surface area contributed by atoms with Crippen molar-refractivity contribution in [3.63, 3.8) is 0 Å². The second-order valence-corrected chi connectivity index (χ2v) is 9.77. The van der Waals surface area contributed by atoms with Gasteiger partial charge in [-0.25, -0.2) is 14.3 Å². The highest BCUT2D eigenvalue weighted by Gasteiger charge is 2.31. The van der Waals surface area contributed by atoms with E-state index in [9.17, 15) is 22.8 Å². The molecule has 12 heteroatoms. The molecule has 3 heterocycles. The van der Waals surface area contributed by atoms with E-state index in [4.69, 9.17) is 9.47 Å². The summed E-state index contributed by atoms with van der Waals surface area (Å²) in [7, 11) is 0. The normalized spacial score (nSPS) is 17.5.